The van der Waals surface area contributed by atoms with Gasteiger partial charge in [-0.15, -0.1) is 0 Å². The number of aliphatic hydroxyl groups is 1. The Morgan fingerprint density at radius 3 is 2.75 bits per heavy atom. The molecule has 1 N–H and O–H groups in total. The first-order valence-electron chi connectivity index (χ1n) is 9.69. The maximum atomic E-state index is 10.7. The lowest BCUT2D eigenvalue weighted by atomic mass is 9.88. The molecule has 3 heterocycles. The smallest absolute Gasteiger partial charge is 0.0968 e. The Bertz CT molecular complexity index is 919. The van der Waals surface area contributed by atoms with Gasteiger partial charge >= 0.3 is 0 Å². The topological polar surface area (TPSA) is 54.2 Å². The van der Waals surface area contributed by atoms with E-state index in [1.165, 1.54) is 5.56 Å². The fraction of sp³-hybridized carbons (Fsp3) is 0.364. The van der Waals surface area contributed by atoms with Gasteiger partial charge in [0.2, 0.25) is 0 Å². The predicted molar refractivity (Wildman–Crippen MR) is 111 cm³/mol. The molecule has 1 saturated heterocycles. The fourth-order valence-electron chi connectivity index (χ4n) is 4.02. The number of nitrogens with zero attached hydrogens (tertiary/aromatic N) is 4. The van der Waals surface area contributed by atoms with Crippen molar-refractivity contribution in [3.05, 3.63) is 71.1 Å². The first kappa shape index (κ1) is 19.1. The van der Waals surface area contributed by atoms with Crippen molar-refractivity contribution < 1.29 is 5.11 Å². The highest BCUT2D eigenvalue weighted by Crippen LogP contribution is 2.32. The molecule has 0 amide bonds. The zero-order valence-corrected chi connectivity index (χ0v) is 16.8. The summed E-state index contributed by atoms with van der Waals surface area (Å²) in [6.07, 6.45) is 7.11. The summed E-state index contributed by atoms with van der Waals surface area (Å²) in [5.74, 6) is 0.279. The number of likely N-dealkylation sites (tertiary alicyclic amines) is 1. The molecule has 0 spiro atoms. The van der Waals surface area contributed by atoms with Crippen molar-refractivity contribution in [1.82, 2.24) is 19.7 Å². The lowest BCUT2D eigenvalue weighted by Crippen LogP contribution is -2.35. The van der Waals surface area contributed by atoms with Crippen LogP contribution in [0.25, 0.3) is 11.3 Å². The average molecular weight is 397 g/mol. The van der Waals surface area contributed by atoms with Crippen LogP contribution in [0.2, 0.25) is 5.02 Å². The van der Waals surface area contributed by atoms with E-state index >= 15 is 0 Å². The minimum Gasteiger partial charge on any atom is -0.388 e. The Kier molecular flexibility index (Phi) is 5.76. The first-order chi connectivity index (χ1) is 13.6. The third-order valence-corrected chi connectivity index (χ3v) is 5.74. The molecule has 1 fully saturated rings. The van der Waals surface area contributed by atoms with Crippen LogP contribution in [0.1, 0.15) is 30.1 Å². The Hall–Kier alpha value is -2.21. The van der Waals surface area contributed by atoms with Crippen LogP contribution in [-0.2, 0) is 13.6 Å². The third kappa shape index (κ3) is 4.27. The van der Waals surface area contributed by atoms with Gasteiger partial charge in [-0.1, -0.05) is 29.8 Å². The highest BCUT2D eigenvalue weighted by Gasteiger charge is 2.27. The highest BCUT2D eigenvalue weighted by molar-refractivity contribution is 6.30. The molecule has 1 aromatic carbocycles. The Morgan fingerprint density at radius 2 is 2.04 bits per heavy atom. The van der Waals surface area contributed by atoms with Gasteiger partial charge in [0.25, 0.3) is 0 Å². The van der Waals surface area contributed by atoms with Gasteiger partial charge in [-0.05, 0) is 55.6 Å². The number of aromatic nitrogens is 3. The van der Waals surface area contributed by atoms with Crippen molar-refractivity contribution in [2.24, 2.45) is 13.0 Å². The molecule has 0 radical (unpaired) electrons. The lowest BCUT2D eigenvalue weighted by molar-refractivity contribution is 0.0566. The van der Waals surface area contributed by atoms with Gasteiger partial charge in [-0.25, -0.2) is 0 Å². The molecule has 3 aromatic rings. The third-order valence-electron chi connectivity index (χ3n) is 5.50. The van der Waals surface area contributed by atoms with Crippen LogP contribution in [-0.4, -0.2) is 37.9 Å². The molecule has 6 heteroatoms. The number of hydrogen-bond acceptors (Lipinski definition) is 4. The quantitative estimate of drug-likeness (QED) is 0.706. The number of halogens is 1. The van der Waals surface area contributed by atoms with E-state index in [-0.39, 0.29) is 5.92 Å². The molecule has 5 nitrogen and oxygen atoms in total. The van der Waals surface area contributed by atoms with Gasteiger partial charge < -0.3 is 5.11 Å². The zero-order chi connectivity index (χ0) is 19.5. The number of hydrogen-bond donors (Lipinski definition) is 1. The predicted octanol–water partition coefficient (Wildman–Crippen LogP) is 4.08. The Labute approximate surface area is 170 Å². The summed E-state index contributed by atoms with van der Waals surface area (Å²) in [7, 11) is 1.95. The van der Waals surface area contributed by atoms with Gasteiger partial charge in [0.1, 0.15) is 0 Å². The molecular weight excluding hydrogens is 372 g/mol. The van der Waals surface area contributed by atoms with E-state index in [4.69, 9.17) is 11.6 Å². The van der Waals surface area contributed by atoms with Gasteiger partial charge in [0.15, 0.2) is 0 Å². The number of rotatable bonds is 5. The summed E-state index contributed by atoms with van der Waals surface area (Å²) in [4.78, 5) is 6.57. The van der Waals surface area contributed by atoms with Gasteiger partial charge in [0, 0.05) is 48.3 Å². The second-order valence-electron chi connectivity index (χ2n) is 7.53. The van der Waals surface area contributed by atoms with Crippen molar-refractivity contribution >= 4 is 11.6 Å². The van der Waals surface area contributed by atoms with E-state index in [2.05, 4.69) is 21.2 Å². The van der Waals surface area contributed by atoms with Gasteiger partial charge in [-0.2, -0.15) is 5.10 Å². The molecule has 0 saturated carbocycles. The first-order valence-corrected chi connectivity index (χ1v) is 10.1. The van der Waals surface area contributed by atoms with Crippen molar-refractivity contribution in [1.29, 1.82) is 0 Å². The molecule has 28 heavy (non-hydrogen) atoms. The fourth-order valence-corrected chi connectivity index (χ4v) is 4.21. The molecule has 1 aliphatic rings. The van der Waals surface area contributed by atoms with E-state index in [0.29, 0.717) is 0 Å². The number of aliphatic hydroxyl groups excluding tert-OH is 1. The molecular formula is C22H25ClN4O. The summed E-state index contributed by atoms with van der Waals surface area (Å²) in [6.45, 7) is 2.78. The number of aryl methyl sites for hydroxylation is 1. The molecule has 1 aliphatic heterocycles. The summed E-state index contributed by atoms with van der Waals surface area (Å²) in [5.41, 5.74) is 4.15. The minimum absolute atomic E-state index is 0.279. The monoisotopic (exact) mass is 396 g/mol. The standard InChI is InChI=1S/C22H25ClN4O/c1-26-14-19(21(25-26)17-4-2-6-20(23)12-17)15-27-10-7-16(8-11-27)22(28)18-5-3-9-24-13-18/h2-6,9,12-14,16,22,28H,7-8,10-11,15H2,1H3. The molecule has 1 unspecified atom stereocenters. The molecule has 0 aliphatic carbocycles. The summed E-state index contributed by atoms with van der Waals surface area (Å²) >= 11 is 6.17. The number of piperidine rings is 1. The van der Waals surface area contributed by atoms with Crippen LogP contribution in [0.5, 0.6) is 0 Å². The largest absolute Gasteiger partial charge is 0.388 e. The molecule has 146 valence electrons. The normalized spacial score (nSPS) is 17.0. The maximum Gasteiger partial charge on any atom is 0.0968 e. The minimum atomic E-state index is -0.434. The van der Waals surface area contributed by atoms with Crippen molar-refractivity contribution in [3.8, 4) is 11.3 Å². The molecule has 2 aromatic heterocycles. The van der Waals surface area contributed by atoms with Gasteiger partial charge in [-0.3, -0.25) is 14.6 Å². The van der Waals surface area contributed by atoms with E-state index in [1.54, 1.807) is 12.4 Å². The van der Waals surface area contributed by atoms with Crippen LogP contribution < -0.4 is 0 Å². The summed E-state index contributed by atoms with van der Waals surface area (Å²) < 4.78 is 1.87. The number of benzene rings is 1. The van der Waals surface area contributed by atoms with Crippen LogP contribution in [0.4, 0.5) is 0 Å². The van der Waals surface area contributed by atoms with Crippen LogP contribution in [0.3, 0.4) is 0 Å². The molecule has 0 bridgehead atoms. The highest BCUT2D eigenvalue weighted by atomic mass is 35.5. The maximum absolute atomic E-state index is 10.7. The summed E-state index contributed by atoms with van der Waals surface area (Å²) in [5, 5.41) is 16.0. The molecule has 1 atom stereocenters. The zero-order valence-electron chi connectivity index (χ0n) is 16.0. The molecule has 4 rings (SSSR count). The van der Waals surface area contributed by atoms with Crippen molar-refractivity contribution in [2.45, 2.75) is 25.5 Å². The van der Waals surface area contributed by atoms with Crippen LogP contribution >= 0.6 is 11.6 Å². The SMILES string of the molecule is Cn1cc(CN2CCC(C(O)c3cccnc3)CC2)c(-c2cccc(Cl)c2)n1. The lowest BCUT2D eigenvalue weighted by Gasteiger charge is -2.34. The second-order valence-corrected chi connectivity index (χ2v) is 7.97. The summed E-state index contributed by atoms with van der Waals surface area (Å²) in [6, 6.07) is 11.7. The Balaban J connectivity index is 1.42. The second kappa shape index (κ2) is 8.43. The van der Waals surface area contributed by atoms with E-state index < -0.39 is 6.10 Å². The Morgan fingerprint density at radius 1 is 1.21 bits per heavy atom. The van der Waals surface area contributed by atoms with Gasteiger partial charge in [0.05, 0.1) is 11.8 Å². The van der Waals surface area contributed by atoms with Crippen molar-refractivity contribution in [3.63, 3.8) is 0 Å². The van der Waals surface area contributed by atoms with Crippen LogP contribution in [0, 0.1) is 5.92 Å². The van der Waals surface area contributed by atoms with E-state index in [1.807, 2.05) is 48.1 Å². The van der Waals surface area contributed by atoms with Crippen molar-refractivity contribution in [2.75, 3.05) is 13.1 Å². The van der Waals surface area contributed by atoms with E-state index in [9.17, 15) is 5.11 Å². The number of pyridine rings is 1. The average Bonchev–Trinajstić information content (AvgIpc) is 3.09. The van der Waals surface area contributed by atoms with Crippen LogP contribution in [0.15, 0.2) is 55.0 Å². The van der Waals surface area contributed by atoms with E-state index in [0.717, 1.165) is 54.3 Å².